The van der Waals surface area contributed by atoms with E-state index in [9.17, 15) is 18.1 Å². The SMILES string of the molecule is COc1cccc(C=Nc2ccccc2S(=O)(=O)[O-])c1[O-].O.[Cu+2].[OH3+]. The molecule has 0 saturated heterocycles. The van der Waals surface area contributed by atoms with Gasteiger partial charge in [-0.1, -0.05) is 30.0 Å². The molecule has 0 fully saturated rings. The first-order valence-electron chi connectivity index (χ1n) is 5.86. The number of hydrogen-bond donors (Lipinski definition) is 0. The van der Waals surface area contributed by atoms with Gasteiger partial charge in [0.2, 0.25) is 0 Å². The fraction of sp³-hybridized carbons (Fsp3) is 0.0714. The standard InChI is InChI=1S/C14H13NO5S.Cu.2H2O/c1-20-12-7-4-5-10(14(12)16)9-15-11-6-2-3-8-13(11)21(17,18)19;;;/h2-9,16H,1H3,(H,17,18,19);;2*1H2/q;+2;;/p-1. The third-order valence-electron chi connectivity index (χ3n) is 2.71. The van der Waals surface area contributed by atoms with Crippen molar-refractivity contribution in [3.63, 3.8) is 0 Å². The maximum Gasteiger partial charge on any atom is 2.00 e. The van der Waals surface area contributed by atoms with Crippen molar-refractivity contribution in [2.45, 2.75) is 4.90 Å². The van der Waals surface area contributed by atoms with Crippen LogP contribution in [0.4, 0.5) is 5.69 Å². The van der Waals surface area contributed by atoms with Gasteiger partial charge in [0.1, 0.15) is 15.9 Å². The van der Waals surface area contributed by atoms with Gasteiger partial charge in [0.25, 0.3) is 0 Å². The van der Waals surface area contributed by atoms with Gasteiger partial charge < -0.3 is 25.3 Å². The van der Waals surface area contributed by atoms with E-state index in [1.54, 1.807) is 12.1 Å². The van der Waals surface area contributed by atoms with E-state index in [0.717, 1.165) is 0 Å². The van der Waals surface area contributed by atoms with Gasteiger partial charge >= 0.3 is 17.1 Å². The Morgan fingerprint density at radius 2 is 1.75 bits per heavy atom. The second-order valence-corrected chi connectivity index (χ2v) is 5.41. The summed E-state index contributed by atoms with van der Waals surface area (Å²) in [4.78, 5) is 3.49. The third-order valence-corrected chi connectivity index (χ3v) is 3.59. The first-order valence-corrected chi connectivity index (χ1v) is 7.27. The third kappa shape index (κ3) is 5.60. The van der Waals surface area contributed by atoms with Crippen LogP contribution in [-0.4, -0.2) is 31.8 Å². The normalized spacial score (nSPS) is 10.2. The van der Waals surface area contributed by atoms with E-state index in [2.05, 4.69) is 4.99 Å². The molecule has 0 amide bonds. The number of benzene rings is 2. The quantitative estimate of drug-likeness (QED) is 0.293. The van der Waals surface area contributed by atoms with Gasteiger partial charge in [-0.2, -0.15) is 0 Å². The van der Waals surface area contributed by atoms with Gasteiger partial charge in [-0.3, -0.25) is 4.99 Å². The van der Waals surface area contributed by atoms with E-state index in [-0.39, 0.29) is 50.8 Å². The molecule has 5 N–H and O–H groups in total. The van der Waals surface area contributed by atoms with E-state index in [0.29, 0.717) is 0 Å². The predicted octanol–water partition coefficient (Wildman–Crippen LogP) is -0.326. The minimum Gasteiger partial charge on any atom is -0.870 e. The van der Waals surface area contributed by atoms with Crippen LogP contribution in [0.5, 0.6) is 11.5 Å². The molecule has 2 rings (SSSR count). The molecule has 0 heterocycles. The fourth-order valence-corrected chi connectivity index (χ4v) is 2.33. The molecule has 0 spiro atoms. The van der Waals surface area contributed by atoms with Crippen LogP contribution in [0.25, 0.3) is 0 Å². The number of hydrogen-bond acceptors (Lipinski definition) is 6. The van der Waals surface area contributed by atoms with Crippen molar-refractivity contribution in [1.29, 1.82) is 0 Å². The molecule has 2 aromatic carbocycles. The van der Waals surface area contributed by atoms with Crippen molar-refractivity contribution in [2.24, 2.45) is 4.99 Å². The zero-order valence-electron chi connectivity index (χ0n) is 12.4. The molecule has 0 atom stereocenters. The van der Waals surface area contributed by atoms with Crippen molar-refractivity contribution >= 4 is 22.0 Å². The minimum atomic E-state index is -4.63. The van der Waals surface area contributed by atoms with Crippen LogP contribution in [0.15, 0.2) is 52.4 Å². The molecular weight excluding hydrogens is 390 g/mol. The Bertz CT molecular complexity index is 793. The summed E-state index contributed by atoms with van der Waals surface area (Å²) in [6.45, 7) is 0. The van der Waals surface area contributed by atoms with Crippen LogP contribution >= 0.6 is 0 Å². The topological polar surface area (TPSA) is 166 Å². The second-order valence-electron chi connectivity index (χ2n) is 4.06. The molecule has 0 aromatic heterocycles. The van der Waals surface area contributed by atoms with Gasteiger partial charge in [-0.05, 0) is 23.8 Å². The van der Waals surface area contributed by atoms with E-state index in [1.165, 1.54) is 43.7 Å². The van der Waals surface area contributed by atoms with Crippen LogP contribution in [0.1, 0.15) is 5.56 Å². The Labute approximate surface area is 149 Å². The Morgan fingerprint density at radius 3 is 2.33 bits per heavy atom. The maximum absolute atomic E-state index is 11.9. The molecule has 8 nitrogen and oxygen atoms in total. The van der Waals surface area contributed by atoms with Gasteiger partial charge in [-0.25, -0.2) is 8.42 Å². The summed E-state index contributed by atoms with van der Waals surface area (Å²) in [6.07, 6.45) is 1.20. The summed E-state index contributed by atoms with van der Waals surface area (Å²) in [6, 6.07) is 10.2. The predicted molar refractivity (Wildman–Crippen MR) is 82.6 cm³/mol. The number of rotatable bonds is 4. The zero-order chi connectivity index (χ0) is 15.5. The summed E-state index contributed by atoms with van der Waals surface area (Å²) >= 11 is 0. The molecule has 2 aromatic rings. The molecule has 10 heteroatoms. The summed E-state index contributed by atoms with van der Waals surface area (Å²) in [5.74, 6) is -0.213. The molecule has 0 aliphatic rings. The first-order chi connectivity index (χ1) is 9.93. The van der Waals surface area contributed by atoms with Crippen molar-refractivity contribution in [1.82, 2.24) is 0 Å². The van der Waals surface area contributed by atoms with Crippen molar-refractivity contribution in [3.05, 3.63) is 48.0 Å². The van der Waals surface area contributed by atoms with Gasteiger partial charge in [0, 0.05) is 6.21 Å². The van der Waals surface area contributed by atoms with Crippen molar-refractivity contribution < 1.29 is 50.8 Å². The summed E-state index contributed by atoms with van der Waals surface area (Å²) in [5, 5.41) is 11.9. The van der Waals surface area contributed by atoms with Crippen LogP contribution in [-0.2, 0) is 32.7 Å². The molecule has 1 radical (unpaired) electrons. The molecule has 0 unspecified atom stereocenters. The van der Waals surface area contributed by atoms with Gasteiger partial charge in [-0.15, -0.1) is 0 Å². The number of para-hydroxylation sites is 2. The average molecular weight is 406 g/mol. The van der Waals surface area contributed by atoms with Crippen LogP contribution in [0.2, 0.25) is 0 Å². The van der Waals surface area contributed by atoms with Crippen LogP contribution in [0.3, 0.4) is 0 Å². The van der Waals surface area contributed by atoms with Crippen LogP contribution in [0, 0.1) is 0 Å². The smallest absolute Gasteiger partial charge is 0.870 e. The Hall–Kier alpha value is -1.94. The summed E-state index contributed by atoms with van der Waals surface area (Å²) < 4.78 is 38.3. The monoisotopic (exact) mass is 405 g/mol. The zero-order valence-corrected chi connectivity index (χ0v) is 14.2. The Morgan fingerprint density at radius 1 is 1.12 bits per heavy atom. The molecule has 0 saturated carbocycles. The van der Waals surface area contributed by atoms with Crippen molar-refractivity contribution in [3.8, 4) is 11.5 Å². The Kier molecular flexibility index (Phi) is 10.2. The van der Waals surface area contributed by atoms with E-state index < -0.39 is 15.0 Å². The van der Waals surface area contributed by atoms with Crippen LogP contribution < -0.4 is 9.84 Å². The molecule has 0 aliphatic heterocycles. The summed E-state index contributed by atoms with van der Waals surface area (Å²) in [7, 11) is -3.26. The molecule has 135 valence electrons. The van der Waals surface area contributed by atoms with Gasteiger partial charge in [0.15, 0.2) is 0 Å². The fourth-order valence-electron chi connectivity index (χ4n) is 1.71. The van der Waals surface area contributed by atoms with E-state index >= 15 is 0 Å². The molecule has 0 aliphatic carbocycles. The number of aliphatic imine (C=N–C) groups is 1. The van der Waals surface area contributed by atoms with E-state index in [4.69, 9.17) is 4.74 Å². The molecular formula is C14H16CuNO7S+. The number of nitrogens with zero attached hydrogens (tertiary/aromatic N) is 1. The number of methoxy groups -OCH3 is 1. The minimum absolute atomic E-state index is 0. The van der Waals surface area contributed by atoms with Crippen molar-refractivity contribution in [2.75, 3.05) is 7.11 Å². The summed E-state index contributed by atoms with van der Waals surface area (Å²) in [5.41, 5.74) is 0.210. The largest absolute Gasteiger partial charge is 2.00 e. The van der Waals surface area contributed by atoms with Gasteiger partial charge in [0.05, 0.1) is 17.7 Å². The molecule has 0 bridgehead atoms. The first kappa shape index (κ1) is 24.3. The number of ether oxygens (including phenoxy) is 1. The average Bonchev–Trinajstić information content (AvgIpc) is 2.45. The Balaban J connectivity index is 0. The molecule has 24 heavy (non-hydrogen) atoms. The second kappa shape index (κ2) is 10.0. The maximum atomic E-state index is 11.9. The van der Waals surface area contributed by atoms with E-state index in [1.807, 2.05) is 0 Å².